The average molecular weight is 333 g/mol. The fourth-order valence-electron chi connectivity index (χ4n) is 2.08. The second kappa shape index (κ2) is 7.78. The number of Topliss-reactive ketones (excluding diaryl/α,β-unsaturated/α-hetero) is 1. The van der Waals surface area contributed by atoms with Crippen LogP contribution in [-0.4, -0.2) is 32.9 Å². The number of ketones is 1. The van der Waals surface area contributed by atoms with Crippen LogP contribution < -0.4 is 19.9 Å². The number of carbonyl (C=O) groups excluding carboxylic acids is 1. The smallest absolute Gasteiger partial charge is 0.204 e. The third kappa shape index (κ3) is 4.10. The molecule has 0 aromatic heterocycles. The molecule has 0 amide bonds. The van der Waals surface area contributed by atoms with Crippen LogP contribution in [0, 0.1) is 0 Å². The summed E-state index contributed by atoms with van der Waals surface area (Å²) in [4.78, 5) is 13.4. The molecule has 5 nitrogen and oxygen atoms in total. The van der Waals surface area contributed by atoms with E-state index in [2.05, 4.69) is 0 Å². The van der Waals surface area contributed by atoms with Gasteiger partial charge in [0.15, 0.2) is 6.61 Å². The van der Waals surface area contributed by atoms with Crippen LogP contribution >= 0.6 is 11.8 Å². The van der Waals surface area contributed by atoms with Crippen molar-refractivity contribution in [3.8, 4) is 17.2 Å². The number of anilines is 1. The first-order chi connectivity index (χ1) is 11.1. The summed E-state index contributed by atoms with van der Waals surface area (Å²) in [6.45, 7) is -0.110. The highest BCUT2D eigenvalue weighted by Gasteiger charge is 2.17. The molecular weight excluding hydrogens is 314 g/mol. The number of thioether (sulfide) groups is 1. The summed E-state index contributed by atoms with van der Waals surface area (Å²) in [5.74, 6) is 1.47. The van der Waals surface area contributed by atoms with Crippen LogP contribution in [0.2, 0.25) is 0 Å². The summed E-state index contributed by atoms with van der Waals surface area (Å²) in [5, 5.41) is 0. The van der Waals surface area contributed by atoms with E-state index in [-0.39, 0.29) is 12.4 Å². The van der Waals surface area contributed by atoms with Gasteiger partial charge in [-0.3, -0.25) is 4.79 Å². The largest absolute Gasteiger partial charge is 0.496 e. The Kier molecular flexibility index (Phi) is 5.76. The molecule has 2 aromatic carbocycles. The quantitative estimate of drug-likeness (QED) is 0.476. The molecule has 2 aromatic rings. The van der Waals surface area contributed by atoms with Crippen molar-refractivity contribution < 1.29 is 19.0 Å². The molecule has 0 spiro atoms. The number of nitrogens with two attached hydrogens (primary N) is 1. The minimum Gasteiger partial charge on any atom is -0.496 e. The number of methoxy groups -OCH3 is 2. The number of hydrogen-bond donors (Lipinski definition) is 1. The molecule has 0 atom stereocenters. The molecule has 122 valence electrons. The molecule has 6 heteroatoms. The van der Waals surface area contributed by atoms with Gasteiger partial charge in [0.05, 0.1) is 24.7 Å². The van der Waals surface area contributed by atoms with E-state index < -0.39 is 0 Å². The zero-order valence-corrected chi connectivity index (χ0v) is 14.1. The van der Waals surface area contributed by atoms with Crippen molar-refractivity contribution in [2.45, 2.75) is 4.90 Å². The summed E-state index contributed by atoms with van der Waals surface area (Å²) in [6, 6.07) is 10.4. The van der Waals surface area contributed by atoms with Gasteiger partial charge in [0.2, 0.25) is 5.78 Å². The minimum atomic E-state index is -0.199. The SMILES string of the molecule is COc1cc(C(=O)COc2cccc(N)c2)c(OC)cc1SC. The highest BCUT2D eigenvalue weighted by molar-refractivity contribution is 7.98. The van der Waals surface area contributed by atoms with Gasteiger partial charge in [-0.05, 0) is 30.5 Å². The Morgan fingerprint density at radius 3 is 2.48 bits per heavy atom. The average Bonchev–Trinajstić information content (AvgIpc) is 2.58. The van der Waals surface area contributed by atoms with E-state index in [0.29, 0.717) is 28.5 Å². The van der Waals surface area contributed by atoms with E-state index in [1.165, 1.54) is 18.9 Å². The molecule has 0 radical (unpaired) electrons. The molecule has 0 fully saturated rings. The zero-order chi connectivity index (χ0) is 16.8. The normalized spacial score (nSPS) is 10.2. The molecule has 0 aliphatic rings. The maximum atomic E-state index is 12.5. The Morgan fingerprint density at radius 1 is 1.13 bits per heavy atom. The van der Waals surface area contributed by atoms with Gasteiger partial charge >= 0.3 is 0 Å². The van der Waals surface area contributed by atoms with E-state index in [4.69, 9.17) is 19.9 Å². The highest BCUT2D eigenvalue weighted by atomic mass is 32.2. The van der Waals surface area contributed by atoms with Gasteiger partial charge in [-0.1, -0.05) is 6.07 Å². The second-order valence-corrected chi connectivity index (χ2v) is 5.54. The van der Waals surface area contributed by atoms with Crippen molar-refractivity contribution in [3.05, 3.63) is 42.0 Å². The monoisotopic (exact) mass is 333 g/mol. The highest BCUT2D eigenvalue weighted by Crippen LogP contribution is 2.34. The lowest BCUT2D eigenvalue weighted by molar-refractivity contribution is 0.0918. The number of ether oxygens (including phenoxy) is 3. The van der Waals surface area contributed by atoms with Crippen molar-refractivity contribution in [1.82, 2.24) is 0 Å². The zero-order valence-electron chi connectivity index (χ0n) is 13.3. The topological polar surface area (TPSA) is 70.8 Å². The minimum absolute atomic E-state index is 0.110. The molecule has 2 N–H and O–H groups in total. The molecule has 0 heterocycles. The van der Waals surface area contributed by atoms with Crippen LogP contribution in [0.1, 0.15) is 10.4 Å². The van der Waals surface area contributed by atoms with Gasteiger partial charge in [0.1, 0.15) is 17.2 Å². The Morgan fingerprint density at radius 2 is 1.87 bits per heavy atom. The van der Waals surface area contributed by atoms with E-state index in [9.17, 15) is 4.79 Å². The summed E-state index contributed by atoms with van der Waals surface area (Å²) < 4.78 is 16.1. The van der Waals surface area contributed by atoms with Gasteiger partial charge in [-0.2, -0.15) is 0 Å². The van der Waals surface area contributed by atoms with E-state index in [1.807, 2.05) is 6.26 Å². The molecule has 0 unspecified atom stereocenters. The Bertz CT molecular complexity index is 703. The lowest BCUT2D eigenvalue weighted by Gasteiger charge is -2.13. The van der Waals surface area contributed by atoms with E-state index in [1.54, 1.807) is 43.5 Å². The molecular formula is C17H19NO4S. The van der Waals surface area contributed by atoms with Crippen LogP contribution in [-0.2, 0) is 0 Å². The van der Waals surface area contributed by atoms with Crippen LogP contribution in [0.5, 0.6) is 17.2 Å². The van der Waals surface area contributed by atoms with Crippen molar-refractivity contribution in [2.75, 3.05) is 32.8 Å². The number of carbonyl (C=O) groups is 1. The summed E-state index contributed by atoms with van der Waals surface area (Å²) in [6.07, 6.45) is 1.93. The maximum Gasteiger partial charge on any atom is 0.204 e. The summed E-state index contributed by atoms with van der Waals surface area (Å²) in [5.41, 5.74) is 6.69. The van der Waals surface area contributed by atoms with Crippen LogP contribution in [0.15, 0.2) is 41.3 Å². The number of nitrogen functional groups attached to an aromatic ring is 1. The Hall–Kier alpha value is -2.34. The first-order valence-corrected chi connectivity index (χ1v) is 8.13. The van der Waals surface area contributed by atoms with Crippen LogP contribution in [0.25, 0.3) is 0 Å². The first kappa shape index (κ1) is 17.0. The lowest BCUT2D eigenvalue weighted by Crippen LogP contribution is -2.13. The Labute approximate surface area is 139 Å². The maximum absolute atomic E-state index is 12.5. The standard InChI is InChI=1S/C17H19NO4S/c1-20-15-9-17(23-3)16(21-2)8-13(15)14(19)10-22-12-6-4-5-11(18)7-12/h4-9H,10,18H2,1-3H3. The fourth-order valence-corrected chi connectivity index (χ4v) is 2.65. The molecule has 0 aliphatic carbocycles. The van der Waals surface area contributed by atoms with Gasteiger partial charge in [0.25, 0.3) is 0 Å². The predicted octanol–water partition coefficient (Wildman–Crippen LogP) is 3.27. The number of hydrogen-bond acceptors (Lipinski definition) is 6. The molecule has 23 heavy (non-hydrogen) atoms. The van der Waals surface area contributed by atoms with Gasteiger partial charge in [0, 0.05) is 11.8 Å². The first-order valence-electron chi connectivity index (χ1n) is 6.90. The summed E-state index contributed by atoms with van der Waals surface area (Å²) in [7, 11) is 3.10. The van der Waals surface area contributed by atoms with E-state index in [0.717, 1.165) is 4.90 Å². The van der Waals surface area contributed by atoms with Gasteiger partial charge < -0.3 is 19.9 Å². The molecule has 0 bridgehead atoms. The molecule has 2 rings (SSSR count). The van der Waals surface area contributed by atoms with Gasteiger partial charge in [-0.15, -0.1) is 11.8 Å². The van der Waals surface area contributed by atoms with Crippen molar-refractivity contribution in [3.63, 3.8) is 0 Å². The molecule has 0 aliphatic heterocycles. The van der Waals surface area contributed by atoms with Crippen molar-refractivity contribution >= 4 is 23.2 Å². The third-order valence-corrected chi connectivity index (χ3v) is 3.99. The van der Waals surface area contributed by atoms with E-state index >= 15 is 0 Å². The third-order valence-electron chi connectivity index (χ3n) is 3.23. The van der Waals surface area contributed by atoms with Crippen molar-refractivity contribution in [1.29, 1.82) is 0 Å². The predicted molar refractivity (Wildman–Crippen MR) is 92.0 cm³/mol. The fraction of sp³-hybridized carbons (Fsp3) is 0.235. The molecule has 0 saturated heterocycles. The summed E-state index contributed by atoms with van der Waals surface area (Å²) >= 11 is 1.52. The number of rotatable bonds is 7. The number of benzene rings is 2. The lowest BCUT2D eigenvalue weighted by atomic mass is 10.1. The van der Waals surface area contributed by atoms with Crippen LogP contribution in [0.4, 0.5) is 5.69 Å². The second-order valence-electron chi connectivity index (χ2n) is 4.69. The molecule has 0 saturated carbocycles. The van der Waals surface area contributed by atoms with Crippen LogP contribution in [0.3, 0.4) is 0 Å². The Balaban J connectivity index is 2.21. The van der Waals surface area contributed by atoms with Gasteiger partial charge in [-0.25, -0.2) is 0 Å². The van der Waals surface area contributed by atoms with Crippen molar-refractivity contribution in [2.24, 2.45) is 0 Å².